The van der Waals surface area contributed by atoms with Crippen LogP contribution < -0.4 is 0 Å². The van der Waals surface area contributed by atoms with Crippen LogP contribution >= 0.6 is 0 Å². The van der Waals surface area contributed by atoms with Crippen molar-refractivity contribution in [1.82, 2.24) is 0 Å². The van der Waals surface area contributed by atoms with Gasteiger partial charge in [0, 0.05) is 24.4 Å². The molecule has 0 radical (unpaired) electrons. The Kier molecular flexibility index (Phi) is 24.4. The number of ether oxygens (including phenoxy) is 2. The van der Waals surface area contributed by atoms with Crippen molar-refractivity contribution in [3.8, 4) is 0 Å². The molecule has 0 aliphatic rings. The molecule has 2 N–H and O–H groups in total. The maximum atomic E-state index is 11.2. The van der Waals surface area contributed by atoms with Gasteiger partial charge in [0.2, 0.25) is 0 Å². The van der Waals surface area contributed by atoms with E-state index in [4.69, 9.17) is 19.7 Å². The summed E-state index contributed by atoms with van der Waals surface area (Å²) in [5.41, 5.74) is 0.875. The Morgan fingerprint density at radius 2 is 1.09 bits per heavy atom. The number of hydrogen-bond acceptors (Lipinski definition) is 6. The molecule has 0 aliphatic heterocycles. The van der Waals surface area contributed by atoms with Crippen molar-refractivity contribution in [2.75, 3.05) is 26.4 Å². The van der Waals surface area contributed by atoms with Crippen molar-refractivity contribution >= 4 is 11.9 Å². The van der Waals surface area contributed by atoms with Crippen LogP contribution in [0.2, 0.25) is 0 Å². The van der Waals surface area contributed by atoms with Gasteiger partial charge < -0.3 is 19.7 Å². The Labute approximate surface area is 196 Å². The number of carbonyl (C=O) groups is 2. The maximum absolute atomic E-state index is 11.2. The number of rotatable bonds is 19. The molecule has 0 heterocycles. The molecule has 0 saturated heterocycles. The molecule has 0 aromatic rings. The fraction of sp³-hybridized carbons (Fsp3) is 0.769. The predicted octanol–water partition coefficient (Wildman–Crippen LogP) is 5.51. The van der Waals surface area contributed by atoms with Gasteiger partial charge in [0.05, 0.1) is 13.2 Å². The van der Waals surface area contributed by atoms with E-state index in [9.17, 15) is 9.59 Å². The van der Waals surface area contributed by atoms with E-state index in [1.54, 1.807) is 13.8 Å². The zero-order valence-electron chi connectivity index (χ0n) is 20.8. The van der Waals surface area contributed by atoms with Gasteiger partial charge in [-0.2, -0.15) is 0 Å². The Bertz CT molecular complexity index is 493. The molecule has 32 heavy (non-hydrogen) atoms. The molecule has 188 valence electrons. The Morgan fingerprint density at radius 3 is 1.56 bits per heavy atom. The first-order valence-corrected chi connectivity index (χ1v) is 12.1. The number of aliphatic hydroxyl groups excluding tert-OH is 2. The van der Waals surface area contributed by atoms with Crippen molar-refractivity contribution in [3.05, 3.63) is 24.3 Å². The third kappa shape index (κ3) is 24.6. The zero-order chi connectivity index (χ0) is 24.6. The minimum atomic E-state index is -0.318. The van der Waals surface area contributed by atoms with Crippen molar-refractivity contribution in [2.45, 2.75) is 97.8 Å². The van der Waals surface area contributed by atoms with Crippen LogP contribution in [0.1, 0.15) is 97.8 Å². The molecule has 6 nitrogen and oxygen atoms in total. The van der Waals surface area contributed by atoms with E-state index in [1.807, 2.05) is 0 Å². The van der Waals surface area contributed by atoms with Gasteiger partial charge in [0.15, 0.2) is 0 Å². The van der Waals surface area contributed by atoms with Crippen LogP contribution in [-0.4, -0.2) is 48.6 Å². The van der Waals surface area contributed by atoms with Crippen molar-refractivity contribution in [2.24, 2.45) is 5.92 Å². The van der Waals surface area contributed by atoms with E-state index in [-0.39, 0.29) is 11.9 Å². The van der Waals surface area contributed by atoms with Crippen molar-refractivity contribution in [1.29, 1.82) is 0 Å². The van der Waals surface area contributed by atoms with Gasteiger partial charge in [-0.3, -0.25) is 0 Å². The number of hydrogen-bond donors (Lipinski definition) is 2. The summed E-state index contributed by atoms with van der Waals surface area (Å²) >= 11 is 0. The van der Waals surface area contributed by atoms with Crippen LogP contribution in [0.15, 0.2) is 24.3 Å². The molecule has 1 unspecified atom stereocenters. The highest BCUT2D eigenvalue weighted by molar-refractivity contribution is 5.87. The quantitative estimate of drug-likeness (QED) is 0.151. The third-order valence-corrected chi connectivity index (χ3v) is 4.84. The lowest BCUT2D eigenvalue weighted by molar-refractivity contribution is -0.140. The maximum Gasteiger partial charge on any atom is 0.333 e. The molecule has 0 amide bonds. The fourth-order valence-electron chi connectivity index (χ4n) is 2.77. The van der Waals surface area contributed by atoms with Crippen LogP contribution in [0.4, 0.5) is 0 Å². The lowest BCUT2D eigenvalue weighted by Gasteiger charge is -2.12. The number of aliphatic hydroxyl groups is 2. The second-order valence-electron chi connectivity index (χ2n) is 8.53. The predicted molar refractivity (Wildman–Crippen MR) is 130 cm³/mol. The van der Waals surface area contributed by atoms with Gasteiger partial charge in [-0.25, -0.2) is 9.59 Å². The average Bonchev–Trinajstić information content (AvgIpc) is 2.76. The SMILES string of the molecule is C=C(C)C(=O)OCCCCCCC(C)COC(=O)C(=C)C.OCCCCCCCCCO. The van der Waals surface area contributed by atoms with E-state index >= 15 is 0 Å². The molecule has 0 saturated carbocycles. The van der Waals surface area contributed by atoms with Crippen LogP contribution in [-0.2, 0) is 19.1 Å². The molecule has 0 aromatic heterocycles. The molecule has 0 aliphatic carbocycles. The van der Waals surface area contributed by atoms with Crippen molar-refractivity contribution in [3.63, 3.8) is 0 Å². The molecule has 0 rings (SSSR count). The molecule has 0 spiro atoms. The van der Waals surface area contributed by atoms with E-state index in [2.05, 4.69) is 20.1 Å². The third-order valence-electron chi connectivity index (χ3n) is 4.84. The minimum Gasteiger partial charge on any atom is -0.462 e. The Balaban J connectivity index is 0. The van der Waals surface area contributed by atoms with Crippen LogP contribution in [0, 0.1) is 5.92 Å². The average molecular weight is 457 g/mol. The molecule has 1 atom stereocenters. The summed E-state index contributed by atoms with van der Waals surface area (Å²) in [5.74, 6) is -0.279. The number of carbonyl (C=O) groups excluding carboxylic acids is 2. The molecular formula is C26H48O6. The smallest absolute Gasteiger partial charge is 0.333 e. The van der Waals surface area contributed by atoms with Crippen molar-refractivity contribution < 1.29 is 29.3 Å². The summed E-state index contributed by atoms with van der Waals surface area (Å²) < 4.78 is 10.1. The van der Waals surface area contributed by atoms with Gasteiger partial charge in [0.1, 0.15) is 0 Å². The van der Waals surface area contributed by atoms with Gasteiger partial charge in [-0.15, -0.1) is 0 Å². The summed E-state index contributed by atoms with van der Waals surface area (Å²) in [6.45, 7) is 14.0. The zero-order valence-corrected chi connectivity index (χ0v) is 20.8. The first kappa shape index (κ1) is 32.5. The summed E-state index contributed by atoms with van der Waals surface area (Å²) in [7, 11) is 0. The summed E-state index contributed by atoms with van der Waals surface area (Å²) in [6.07, 6.45) is 13.0. The van der Waals surface area contributed by atoms with Crippen LogP contribution in [0.5, 0.6) is 0 Å². The summed E-state index contributed by atoms with van der Waals surface area (Å²) in [6, 6.07) is 0. The van der Waals surface area contributed by atoms with Gasteiger partial charge in [0.25, 0.3) is 0 Å². The highest BCUT2D eigenvalue weighted by Gasteiger charge is 2.08. The van der Waals surface area contributed by atoms with Gasteiger partial charge in [-0.05, 0) is 45.4 Å². The van der Waals surface area contributed by atoms with E-state index in [1.165, 1.54) is 19.3 Å². The summed E-state index contributed by atoms with van der Waals surface area (Å²) in [5, 5.41) is 16.9. The topological polar surface area (TPSA) is 93.1 Å². The molecular weight excluding hydrogens is 408 g/mol. The summed E-state index contributed by atoms with van der Waals surface area (Å²) in [4.78, 5) is 22.4. The first-order valence-electron chi connectivity index (χ1n) is 12.1. The van der Waals surface area contributed by atoms with Crippen LogP contribution in [0.25, 0.3) is 0 Å². The van der Waals surface area contributed by atoms with Crippen LogP contribution in [0.3, 0.4) is 0 Å². The standard InChI is InChI=1S/C17H28O4.C9H20O2/c1-13(2)16(18)20-11-9-7-6-8-10-15(5)12-21-17(19)14(3)4;10-8-6-4-2-1-3-5-7-9-11/h15H,1,3,6-12H2,2,4-5H3;10-11H,1-9H2. The Morgan fingerprint density at radius 1 is 0.688 bits per heavy atom. The largest absolute Gasteiger partial charge is 0.462 e. The highest BCUT2D eigenvalue weighted by atomic mass is 16.5. The fourth-order valence-corrected chi connectivity index (χ4v) is 2.77. The highest BCUT2D eigenvalue weighted by Crippen LogP contribution is 2.12. The van der Waals surface area contributed by atoms with Gasteiger partial charge in [-0.1, -0.05) is 71.4 Å². The Hall–Kier alpha value is -1.66. The number of unbranched alkanes of at least 4 members (excludes halogenated alkanes) is 9. The lowest BCUT2D eigenvalue weighted by atomic mass is 10.0. The van der Waals surface area contributed by atoms with E-state index in [0.717, 1.165) is 57.8 Å². The molecule has 6 heteroatoms. The number of esters is 2. The lowest BCUT2D eigenvalue weighted by Crippen LogP contribution is -2.12. The minimum absolute atomic E-state index is 0.317. The molecule has 0 aromatic carbocycles. The van der Waals surface area contributed by atoms with Gasteiger partial charge >= 0.3 is 11.9 Å². The first-order chi connectivity index (χ1) is 15.3. The van der Waals surface area contributed by atoms with E-state index in [0.29, 0.717) is 43.5 Å². The molecule has 0 fully saturated rings. The molecule has 0 bridgehead atoms. The second kappa shape index (κ2) is 24.0. The monoisotopic (exact) mass is 456 g/mol. The van der Waals surface area contributed by atoms with E-state index < -0.39 is 0 Å². The second-order valence-corrected chi connectivity index (χ2v) is 8.53. The normalized spacial score (nSPS) is 11.2.